The van der Waals surface area contributed by atoms with E-state index in [1.807, 2.05) is 39.8 Å². The van der Waals surface area contributed by atoms with Crippen LogP contribution in [-0.2, 0) is 11.8 Å². The van der Waals surface area contributed by atoms with Crippen molar-refractivity contribution >= 4 is 5.97 Å². The zero-order chi connectivity index (χ0) is 15.8. The fourth-order valence-corrected chi connectivity index (χ4v) is 2.17. The Bertz CT molecular complexity index is 680. The zero-order valence-corrected chi connectivity index (χ0v) is 12.6. The summed E-state index contributed by atoms with van der Waals surface area (Å²) in [6, 6.07) is 5.11. The van der Waals surface area contributed by atoms with Gasteiger partial charge in [0.05, 0.1) is 0 Å². The van der Waals surface area contributed by atoms with Crippen molar-refractivity contribution in [2.45, 2.75) is 39.5 Å². The van der Waals surface area contributed by atoms with Gasteiger partial charge in [-0.3, -0.25) is 0 Å². The van der Waals surface area contributed by atoms with Crippen molar-refractivity contribution in [1.82, 2.24) is 5.16 Å². The highest BCUT2D eigenvalue weighted by Gasteiger charge is 2.23. The minimum Gasteiger partial charge on any atom is -0.507 e. The van der Waals surface area contributed by atoms with E-state index in [9.17, 15) is 9.90 Å². The van der Waals surface area contributed by atoms with Crippen molar-refractivity contribution in [3.05, 3.63) is 35.1 Å². The van der Waals surface area contributed by atoms with E-state index in [2.05, 4.69) is 5.16 Å². The van der Waals surface area contributed by atoms with Crippen LogP contribution in [0.15, 0.2) is 22.7 Å². The molecule has 0 fully saturated rings. The minimum absolute atomic E-state index is 0.116. The second-order valence-electron chi connectivity index (χ2n) is 6.02. The Morgan fingerprint density at radius 1 is 1.29 bits per heavy atom. The first-order chi connectivity index (χ1) is 9.74. The molecule has 0 saturated heterocycles. The highest BCUT2D eigenvalue weighted by molar-refractivity contribution is 5.86. The third-order valence-electron chi connectivity index (χ3n) is 3.38. The van der Waals surface area contributed by atoms with Crippen LogP contribution in [0, 0.1) is 0 Å². The Morgan fingerprint density at radius 2 is 1.95 bits per heavy atom. The van der Waals surface area contributed by atoms with Gasteiger partial charge in [0.1, 0.15) is 11.4 Å². The second kappa shape index (κ2) is 5.24. The summed E-state index contributed by atoms with van der Waals surface area (Å²) in [5.74, 6) is -1.32. The lowest BCUT2D eigenvalue weighted by Gasteiger charge is -2.22. The number of hydrogen-bond donors (Lipinski definition) is 2. The number of aromatic carboxylic acids is 1. The molecule has 0 saturated carbocycles. The second-order valence-corrected chi connectivity index (χ2v) is 6.02. The van der Waals surface area contributed by atoms with Crippen LogP contribution in [-0.4, -0.2) is 21.3 Å². The summed E-state index contributed by atoms with van der Waals surface area (Å²) in [5.41, 5.74) is 2.44. The van der Waals surface area contributed by atoms with Crippen LogP contribution in [0.1, 0.15) is 49.4 Å². The summed E-state index contributed by atoms with van der Waals surface area (Å²) in [5, 5.41) is 23.2. The Hall–Kier alpha value is -2.30. The average molecular weight is 289 g/mol. The van der Waals surface area contributed by atoms with Gasteiger partial charge in [-0.05, 0) is 23.5 Å². The standard InChI is InChI=1S/C16H19NO4/c1-5-9-6-10(12-8-13(15(19)20)21-17-12)14(18)11(7-9)16(2,3)4/h6-8,18H,5H2,1-4H3,(H,19,20). The van der Waals surface area contributed by atoms with Gasteiger partial charge in [0, 0.05) is 17.2 Å². The van der Waals surface area contributed by atoms with E-state index >= 15 is 0 Å². The number of nitrogens with zero attached hydrogens (tertiary/aromatic N) is 1. The van der Waals surface area contributed by atoms with Crippen LogP contribution in [0.2, 0.25) is 0 Å². The fourth-order valence-electron chi connectivity index (χ4n) is 2.17. The summed E-state index contributed by atoms with van der Waals surface area (Å²) in [6.07, 6.45) is 0.806. The lowest BCUT2D eigenvalue weighted by molar-refractivity contribution is 0.0652. The molecule has 0 spiro atoms. The maximum atomic E-state index is 10.9. The normalized spacial score (nSPS) is 11.6. The van der Waals surface area contributed by atoms with E-state index in [-0.39, 0.29) is 16.9 Å². The summed E-state index contributed by atoms with van der Waals surface area (Å²) in [6.45, 7) is 8.05. The molecule has 0 unspecified atom stereocenters. The number of carboxylic acid groups (broad SMARTS) is 1. The highest BCUT2D eigenvalue weighted by atomic mass is 16.5. The summed E-state index contributed by atoms with van der Waals surface area (Å²) < 4.78 is 4.77. The molecule has 5 nitrogen and oxygen atoms in total. The molecule has 2 aromatic rings. The Kier molecular flexibility index (Phi) is 3.77. The topological polar surface area (TPSA) is 83.6 Å². The molecule has 0 bridgehead atoms. The van der Waals surface area contributed by atoms with Gasteiger partial charge in [-0.1, -0.05) is 38.9 Å². The van der Waals surface area contributed by atoms with Gasteiger partial charge in [0.2, 0.25) is 5.76 Å². The Labute approximate surface area is 123 Å². The van der Waals surface area contributed by atoms with Gasteiger partial charge in [-0.2, -0.15) is 0 Å². The Morgan fingerprint density at radius 3 is 2.43 bits per heavy atom. The van der Waals surface area contributed by atoms with Crippen molar-refractivity contribution in [3.63, 3.8) is 0 Å². The van der Waals surface area contributed by atoms with Crippen LogP contribution in [0.4, 0.5) is 0 Å². The molecule has 0 atom stereocenters. The average Bonchev–Trinajstić information content (AvgIpc) is 2.87. The molecule has 0 aliphatic rings. The minimum atomic E-state index is -1.18. The molecule has 0 radical (unpaired) electrons. The van der Waals surface area contributed by atoms with Crippen LogP contribution in [0.25, 0.3) is 11.3 Å². The van der Waals surface area contributed by atoms with Crippen LogP contribution >= 0.6 is 0 Å². The summed E-state index contributed by atoms with van der Waals surface area (Å²) >= 11 is 0. The number of carboxylic acids is 1. The van der Waals surface area contributed by atoms with Gasteiger partial charge in [-0.15, -0.1) is 0 Å². The number of aromatic nitrogens is 1. The molecule has 0 aliphatic heterocycles. The molecule has 21 heavy (non-hydrogen) atoms. The zero-order valence-electron chi connectivity index (χ0n) is 12.6. The highest BCUT2D eigenvalue weighted by Crippen LogP contribution is 2.39. The van der Waals surface area contributed by atoms with Crippen molar-refractivity contribution in [3.8, 4) is 17.0 Å². The third kappa shape index (κ3) is 2.91. The van der Waals surface area contributed by atoms with Gasteiger partial charge in [0.25, 0.3) is 0 Å². The van der Waals surface area contributed by atoms with E-state index in [0.29, 0.717) is 11.3 Å². The van der Waals surface area contributed by atoms with Crippen molar-refractivity contribution in [1.29, 1.82) is 0 Å². The molecule has 5 heteroatoms. The van der Waals surface area contributed by atoms with Crippen LogP contribution in [0.3, 0.4) is 0 Å². The van der Waals surface area contributed by atoms with Gasteiger partial charge in [0.15, 0.2) is 0 Å². The van der Waals surface area contributed by atoms with E-state index in [4.69, 9.17) is 9.63 Å². The van der Waals surface area contributed by atoms with Crippen LogP contribution in [0.5, 0.6) is 5.75 Å². The SMILES string of the molecule is CCc1cc(-c2cc(C(=O)O)on2)c(O)c(C(C)(C)C)c1. The lowest BCUT2D eigenvalue weighted by atomic mass is 9.83. The molecule has 112 valence electrons. The molecular formula is C16H19NO4. The quantitative estimate of drug-likeness (QED) is 0.901. The first kappa shape index (κ1) is 15.1. The first-order valence-electron chi connectivity index (χ1n) is 6.80. The predicted octanol–water partition coefficient (Wildman–Crippen LogP) is 3.61. The van der Waals surface area contributed by atoms with E-state index in [1.54, 1.807) is 0 Å². The van der Waals surface area contributed by atoms with Gasteiger partial charge in [-0.25, -0.2) is 4.79 Å². The molecule has 0 aliphatic carbocycles. The molecule has 1 aromatic carbocycles. The van der Waals surface area contributed by atoms with Gasteiger partial charge < -0.3 is 14.7 Å². The third-order valence-corrected chi connectivity index (χ3v) is 3.38. The number of hydrogen-bond acceptors (Lipinski definition) is 4. The lowest BCUT2D eigenvalue weighted by Crippen LogP contribution is -2.12. The number of benzene rings is 1. The van der Waals surface area contributed by atoms with Crippen molar-refractivity contribution < 1.29 is 19.5 Å². The summed E-state index contributed by atoms with van der Waals surface area (Å²) in [4.78, 5) is 10.9. The number of phenols is 1. The maximum Gasteiger partial charge on any atom is 0.374 e. The molecule has 1 heterocycles. The van der Waals surface area contributed by atoms with E-state index in [0.717, 1.165) is 17.5 Å². The maximum absolute atomic E-state index is 10.9. The first-order valence-corrected chi connectivity index (χ1v) is 6.80. The molecule has 1 aromatic heterocycles. The predicted molar refractivity (Wildman–Crippen MR) is 78.6 cm³/mol. The van der Waals surface area contributed by atoms with Crippen molar-refractivity contribution in [2.24, 2.45) is 0 Å². The van der Waals surface area contributed by atoms with E-state index < -0.39 is 5.97 Å². The molecule has 2 rings (SSSR count). The monoisotopic (exact) mass is 289 g/mol. The number of carbonyl (C=O) groups is 1. The molecule has 0 amide bonds. The molecule has 2 N–H and O–H groups in total. The molecular weight excluding hydrogens is 270 g/mol. The fraction of sp³-hybridized carbons (Fsp3) is 0.375. The smallest absolute Gasteiger partial charge is 0.374 e. The number of aromatic hydroxyl groups is 1. The van der Waals surface area contributed by atoms with Crippen LogP contribution < -0.4 is 0 Å². The largest absolute Gasteiger partial charge is 0.507 e. The Balaban J connectivity index is 2.64. The van der Waals surface area contributed by atoms with E-state index in [1.165, 1.54) is 6.07 Å². The summed E-state index contributed by atoms with van der Waals surface area (Å²) in [7, 11) is 0. The van der Waals surface area contributed by atoms with Crippen molar-refractivity contribution in [2.75, 3.05) is 0 Å². The number of rotatable bonds is 3. The number of phenolic OH excluding ortho intramolecular Hbond substituents is 1. The number of aryl methyl sites for hydroxylation is 1. The van der Waals surface area contributed by atoms with Gasteiger partial charge >= 0.3 is 5.97 Å².